The van der Waals surface area contributed by atoms with E-state index in [4.69, 9.17) is 4.74 Å². The van der Waals surface area contributed by atoms with E-state index in [0.29, 0.717) is 6.04 Å². The SMILES string of the molecule is CCC1CN(c2ccccc2OC)CCCN1. The topological polar surface area (TPSA) is 24.5 Å². The largest absolute Gasteiger partial charge is 0.495 e. The number of ether oxygens (including phenoxy) is 1. The monoisotopic (exact) mass is 234 g/mol. The molecule has 1 aromatic rings. The summed E-state index contributed by atoms with van der Waals surface area (Å²) < 4.78 is 5.45. The van der Waals surface area contributed by atoms with Crippen molar-refractivity contribution < 1.29 is 4.74 Å². The van der Waals surface area contributed by atoms with Gasteiger partial charge in [0, 0.05) is 19.1 Å². The van der Waals surface area contributed by atoms with Crippen LogP contribution in [0, 0.1) is 0 Å². The second kappa shape index (κ2) is 5.92. The highest BCUT2D eigenvalue weighted by Crippen LogP contribution is 2.28. The predicted octanol–water partition coefficient (Wildman–Crippen LogP) is 2.27. The quantitative estimate of drug-likeness (QED) is 0.868. The van der Waals surface area contributed by atoms with Crippen molar-refractivity contribution in [3.8, 4) is 5.75 Å². The van der Waals surface area contributed by atoms with Crippen molar-refractivity contribution >= 4 is 5.69 Å². The van der Waals surface area contributed by atoms with Crippen molar-refractivity contribution in [3.05, 3.63) is 24.3 Å². The zero-order valence-electron chi connectivity index (χ0n) is 10.8. The zero-order valence-corrected chi connectivity index (χ0v) is 10.8. The van der Waals surface area contributed by atoms with Crippen LogP contribution >= 0.6 is 0 Å². The van der Waals surface area contributed by atoms with E-state index in [1.54, 1.807) is 7.11 Å². The Balaban J connectivity index is 2.18. The fourth-order valence-corrected chi connectivity index (χ4v) is 2.38. The van der Waals surface area contributed by atoms with Crippen LogP contribution in [-0.4, -0.2) is 32.8 Å². The number of hydrogen-bond donors (Lipinski definition) is 1. The minimum absolute atomic E-state index is 0.586. The predicted molar refractivity (Wildman–Crippen MR) is 71.9 cm³/mol. The van der Waals surface area contributed by atoms with Crippen molar-refractivity contribution in [3.63, 3.8) is 0 Å². The fourth-order valence-electron chi connectivity index (χ4n) is 2.38. The van der Waals surface area contributed by atoms with Gasteiger partial charge in [0.2, 0.25) is 0 Å². The number of nitrogens with one attached hydrogen (secondary N) is 1. The summed E-state index contributed by atoms with van der Waals surface area (Å²) in [6, 6.07) is 8.88. The Hall–Kier alpha value is -1.22. The molecule has 2 rings (SSSR count). The van der Waals surface area contributed by atoms with Crippen LogP contribution in [0.5, 0.6) is 5.75 Å². The molecule has 1 unspecified atom stereocenters. The molecule has 17 heavy (non-hydrogen) atoms. The van der Waals surface area contributed by atoms with E-state index in [1.165, 1.54) is 18.5 Å². The molecule has 3 heteroatoms. The van der Waals surface area contributed by atoms with Crippen LogP contribution in [-0.2, 0) is 0 Å². The van der Waals surface area contributed by atoms with Gasteiger partial charge in [0.05, 0.1) is 12.8 Å². The third-order valence-corrected chi connectivity index (χ3v) is 3.40. The molecule has 1 heterocycles. The molecular formula is C14H22N2O. The Kier molecular flexibility index (Phi) is 4.26. The molecule has 3 nitrogen and oxygen atoms in total. The molecule has 0 spiro atoms. The van der Waals surface area contributed by atoms with Crippen LogP contribution in [0.3, 0.4) is 0 Å². The van der Waals surface area contributed by atoms with Crippen LogP contribution in [0.15, 0.2) is 24.3 Å². The van der Waals surface area contributed by atoms with Crippen LogP contribution in [0.4, 0.5) is 5.69 Å². The molecular weight excluding hydrogens is 212 g/mol. The average Bonchev–Trinajstić information content (AvgIpc) is 2.64. The van der Waals surface area contributed by atoms with Crippen molar-refractivity contribution in [1.82, 2.24) is 5.32 Å². The first kappa shape index (κ1) is 12.2. The van der Waals surface area contributed by atoms with Gasteiger partial charge in [0.15, 0.2) is 0 Å². The summed E-state index contributed by atoms with van der Waals surface area (Å²) in [6.45, 7) is 5.52. The molecule has 0 saturated carbocycles. The molecule has 0 aromatic heterocycles. The first-order valence-corrected chi connectivity index (χ1v) is 6.46. The van der Waals surface area contributed by atoms with Crippen LogP contribution < -0.4 is 15.0 Å². The number of anilines is 1. The third-order valence-electron chi connectivity index (χ3n) is 3.40. The highest BCUT2D eigenvalue weighted by molar-refractivity contribution is 5.58. The summed E-state index contributed by atoms with van der Waals surface area (Å²) in [7, 11) is 1.74. The van der Waals surface area contributed by atoms with E-state index in [9.17, 15) is 0 Å². The number of benzene rings is 1. The van der Waals surface area contributed by atoms with Crippen molar-refractivity contribution in [2.45, 2.75) is 25.8 Å². The second-order valence-electron chi connectivity index (χ2n) is 4.53. The molecule has 1 aliphatic rings. The van der Waals surface area contributed by atoms with E-state index in [2.05, 4.69) is 29.3 Å². The first-order valence-electron chi connectivity index (χ1n) is 6.46. The molecule has 1 fully saturated rings. The summed E-state index contributed by atoms with van der Waals surface area (Å²) >= 11 is 0. The average molecular weight is 234 g/mol. The van der Waals surface area contributed by atoms with Gasteiger partial charge in [-0.05, 0) is 31.5 Å². The minimum atomic E-state index is 0.586. The molecule has 0 radical (unpaired) electrons. The summed E-state index contributed by atoms with van der Waals surface area (Å²) in [5, 5.41) is 3.59. The van der Waals surface area contributed by atoms with Crippen molar-refractivity contribution in [1.29, 1.82) is 0 Å². The highest BCUT2D eigenvalue weighted by Gasteiger charge is 2.18. The summed E-state index contributed by atoms with van der Waals surface area (Å²) in [5.74, 6) is 0.976. The van der Waals surface area contributed by atoms with E-state index in [0.717, 1.165) is 25.4 Å². The number of hydrogen-bond acceptors (Lipinski definition) is 3. The molecule has 1 aliphatic heterocycles. The molecule has 1 atom stereocenters. The normalized spacial score (nSPS) is 21.1. The molecule has 1 aromatic carbocycles. The van der Waals surface area contributed by atoms with E-state index in [-0.39, 0.29) is 0 Å². The lowest BCUT2D eigenvalue weighted by Crippen LogP contribution is -2.37. The summed E-state index contributed by atoms with van der Waals surface area (Å²) in [6.07, 6.45) is 2.36. The van der Waals surface area contributed by atoms with Gasteiger partial charge in [-0.25, -0.2) is 0 Å². The first-order chi connectivity index (χ1) is 8.35. The second-order valence-corrected chi connectivity index (χ2v) is 4.53. The Morgan fingerprint density at radius 2 is 2.24 bits per heavy atom. The van der Waals surface area contributed by atoms with Crippen LogP contribution in [0.2, 0.25) is 0 Å². The maximum Gasteiger partial charge on any atom is 0.142 e. The molecule has 0 aliphatic carbocycles. The van der Waals surface area contributed by atoms with Crippen LogP contribution in [0.25, 0.3) is 0 Å². The molecule has 0 bridgehead atoms. The highest BCUT2D eigenvalue weighted by atomic mass is 16.5. The summed E-state index contributed by atoms with van der Waals surface area (Å²) in [5.41, 5.74) is 1.22. The molecule has 1 N–H and O–H groups in total. The fraction of sp³-hybridized carbons (Fsp3) is 0.571. The van der Waals surface area contributed by atoms with E-state index < -0.39 is 0 Å². The molecule has 94 valence electrons. The lowest BCUT2D eigenvalue weighted by Gasteiger charge is -2.27. The van der Waals surface area contributed by atoms with Gasteiger partial charge < -0.3 is 15.0 Å². The lowest BCUT2D eigenvalue weighted by molar-refractivity contribution is 0.413. The van der Waals surface area contributed by atoms with E-state index >= 15 is 0 Å². The van der Waals surface area contributed by atoms with Gasteiger partial charge in [0.25, 0.3) is 0 Å². The Morgan fingerprint density at radius 3 is 3.00 bits per heavy atom. The Bertz CT molecular complexity index is 354. The Labute approximate surface area is 104 Å². The maximum atomic E-state index is 5.45. The van der Waals surface area contributed by atoms with Gasteiger partial charge in [-0.1, -0.05) is 19.1 Å². The number of para-hydroxylation sites is 2. The van der Waals surface area contributed by atoms with Gasteiger partial charge in [0.1, 0.15) is 5.75 Å². The zero-order chi connectivity index (χ0) is 12.1. The van der Waals surface area contributed by atoms with Gasteiger partial charge >= 0.3 is 0 Å². The van der Waals surface area contributed by atoms with Crippen LogP contribution in [0.1, 0.15) is 19.8 Å². The smallest absolute Gasteiger partial charge is 0.142 e. The maximum absolute atomic E-state index is 5.45. The van der Waals surface area contributed by atoms with Crippen molar-refractivity contribution in [2.75, 3.05) is 31.6 Å². The number of rotatable bonds is 3. The molecule has 1 saturated heterocycles. The lowest BCUT2D eigenvalue weighted by atomic mass is 10.2. The standard InChI is InChI=1S/C14H22N2O/c1-3-12-11-16(10-6-9-15-12)13-7-4-5-8-14(13)17-2/h4-5,7-8,12,15H,3,6,9-11H2,1-2H3. The number of nitrogens with zero attached hydrogens (tertiary/aromatic N) is 1. The summed E-state index contributed by atoms with van der Waals surface area (Å²) in [4.78, 5) is 2.44. The Morgan fingerprint density at radius 1 is 1.41 bits per heavy atom. The van der Waals surface area contributed by atoms with Gasteiger partial charge in [-0.15, -0.1) is 0 Å². The third kappa shape index (κ3) is 2.91. The minimum Gasteiger partial charge on any atom is -0.495 e. The number of methoxy groups -OCH3 is 1. The van der Waals surface area contributed by atoms with Gasteiger partial charge in [-0.3, -0.25) is 0 Å². The van der Waals surface area contributed by atoms with E-state index in [1.807, 2.05) is 12.1 Å². The van der Waals surface area contributed by atoms with Gasteiger partial charge in [-0.2, -0.15) is 0 Å². The molecule has 0 amide bonds. The van der Waals surface area contributed by atoms with Crippen molar-refractivity contribution in [2.24, 2.45) is 0 Å².